The molecule has 7 heteroatoms. The molecule has 2 N–H and O–H groups in total. The Kier molecular flexibility index (Phi) is 8.58. The summed E-state index contributed by atoms with van der Waals surface area (Å²) in [4.78, 5) is 4.77. The Balaban J connectivity index is 1.55. The molecular formula is C29H38Cl2N2O3. The third-order valence-electron chi connectivity index (χ3n) is 8.52. The first-order valence-corrected chi connectivity index (χ1v) is 14.1. The first kappa shape index (κ1) is 26.4. The fourth-order valence-electron chi connectivity index (χ4n) is 6.34. The van der Waals surface area contributed by atoms with Crippen LogP contribution in [0.3, 0.4) is 0 Å². The first-order chi connectivity index (χ1) is 17.5. The SMILES string of the molecule is OCCC1(CCN2CCOCC2)CC(c2cccc(Cl)c2)C(c2ccc(Cl)cc2)N(CC2CC2)C1O. The van der Waals surface area contributed by atoms with Crippen molar-refractivity contribution in [3.05, 3.63) is 69.7 Å². The molecule has 0 radical (unpaired) electrons. The van der Waals surface area contributed by atoms with Crippen molar-refractivity contribution in [1.29, 1.82) is 0 Å². The lowest BCUT2D eigenvalue weighted by Gasteiger charge is -2.55. The van der Waals surface area contributed by atoms with Crippen molar-refractivity contribution in [3.8, 4) is 0 Å². The van der Waals surface area contributed by atoms with Gasteiger partial charge in [0, 0.05) is 53.7 Å². The molecule has 0 bridgehead atoms. The van der Waals surface area contributed by atoms with E-state index >= 15 is 0 Å². The van der Waals surface area contributed by atoms with Gasteiger partial charge in [0.05, 0.1) is 13.2 Å². The monoisotopic (exact) mass is 532 g/mol. The average molecular weight is 534 g/mol. The topological polar surface area (TPSA) is 56.2 Å². The van der Waals surface area contributed by atoms with Crippen LogP contribution < -0.4 is 0 Å². The third kappa shape index (κ3) is 5.94. The quantitative estimate of drug-likeness (QED) is 0.456. The highest BCUT2D eigenvalue weighted by atomic mass is 35.5. The van der Waals surface area contributed by atoms with Crippen LogP contribution in [-0.2, 0) is 4.74 Å². The summed E-state index contributed by atoms with van der Waals surface area (Å²) < 4.78 is 5.55. The van der Waals surface area contributed by atoms with E-state index in [2.05, 4.69) is 34.1 Å². The van der Waals surface area contributed by atoms with Crippen LogP contribution >= 0.6 is 23.2 Å². The van der Waals surface area contributed by atoms with E-state index in [0.29, 0.717) is 17.4 Å². The van der Waals surface area contributed by atoms with Crippen molar-refractivity contribution >= 4 is 23.2 Å². The predicted octanol–water partition coefficient (Wildman–Crippen LogP) is 5.34. The molecule has 2 aliphatic heterocycles. The molecule has 2 saturated heterocycles. The largest absolute Gasteiger partial charge is 0.396 e. The van der Waals surface area contributed by atoms with E-state index in [-0.39, 0.29) is 18.6 Å². The standard InChI is InChI=1S/C29H38Cl2N2O3/c30-24-8-6-22(7-9-24)27-26(23-2-1-3-25(31)18-23)19-29(11-15-34,10-12-32-13-16-36-17-14-32)28(35)33(27)20-21-4-5-21/h1-3,6-9,18,21,26-28,34-35H,4-5,10-17,19-20H2. The fourth-order valence-corrected chi connectivity index (χ4v) is 6.66. The van der Waals surface area contributed by atoms with Crippen molar-refractivity contribution < 1.29 is 14.9 Å². The molecule has 4 unspecified atom stereocenters. The summed E-state index contributed by atoms with van der Waals surface area (Å²) in [6, 6.07) is 16.3. The lowest BCUT2D eigenvalue weighted by molar-refractivity contribution is -0.167. The van der Waals surface area contributed by atoms with Crippen LogP contribution in [0.4, 0.5) is 0 Å². The molecule has 0 spiro atoms. The van der Waals surface area contributed by atoms with Gasteiger partial charge in [-0.2, -0.15) is 0 Å². The maximum absolute atomic E-state index is 12.1. The van der Waals surface area contributed by atoms with Crippen molar-refractivity contribution in [2.75, 3.05) is 46.0 Å². The number of aliphatic hydroxyl groups excluding tert-OH is 2. The van der Waals surface area contributed by atoms with Gasteiger partial charge < -0.3 is 14.9 Å². The smallest absolute Gasteiger partial charge is 0.113 e. The van der Waals surface area contributed by atoms with Gasteiger partial charge in [-0.3, -0.25) is 9.80 Å². The molecule has 5 rings (SSSR count). The van der Waals surface area contributed by atoms with E-state index in [1.807, 2.05) is 24.3 Å². The molecule has 2 aromatic carbocycles. The molecular weight excluding hydrogens is 495 g/mol. The summed E-state index contributed by atoms with van der Waals surface area (Å²) in [5.41, 5.74) is 1.93. The van der Waals surface area contributed by atoms with Crippen LogP contribution in [0.25, 0.3) is 0 Å². The number of likely N-dealkylation sites (tertiary alicyclic amines) is 1. The number of piperidine rings is 1. The van der Waals surface area contributed by atoms with Gasteiger partial charge in [-0.15, -0.1) is 0 Å². The molecule has 1 saturated carbocycles. The zero-order chi connectivity index (χ0) is 25.1. The number of ether oxygens (including phenoxy) is 1. The van der Waals surface area contributed by atoms with Gasteiger partial charge in [-0.1, -0.05) is 47.5 Å². The molecule has 196 valence electrons. The number of benzene rings is 2. The Morgan fingerprint density at radius 2 is 1.69 bits per heavy atom. The summed E-state index contributed by atoms with van der Waals surface area (Å²) in [6.07, 6.45) is 3.97. The lowest BCUT2D eigenvalue weighted by Crippen LogP contribution is -2.57. The molecule has 0 aromatic heterocycles. The number of rotatable bonds is 9. The highest BCUT2D eigenvalue weighted by molar-refractivity contribution is 6.30. The van der Waals surface area contributed by atoms with Crippen molar-refractivity contribution in [1.82, 2.24) is 9.80 Å². The van der Waals surface area contributed by atoms with Crippen LogP contribution in [0.2, 0.25) is 10.0 Å². The van der Waals surface area contributed by atoms with E-state index in [9.17, 15) is 10.2 Å². The summed E-state index contributed by atoms with van der Waals surface area (Å²) in [6.45, 7) is 5.16. The number of halogens is 2. The summed E-state index contributed by atoms with van der Waals surface area (Å²) in [7, 11) is 0. The average Bonchev–Trinajstić information content (AvgIpc) is 3.71. The molecule has 3 aliphatic rings. The molecule has 3 fully saturated rings. The summed E-state index contributed by atoms with van der Waals surface area (Å²) in [5, 5.41) is 23.8. The number of morpholine rings is 1. The highest BCUT2D eigenvalue weighted by Crippen LogP contribution is 2.55. The summed E-state index contributed by atoms with van der Waals surface area (Å²) in [5.74, 6) is 0.738. The Bertz CT molecular complexity index is 996. The fraction of sp³-hybridized carbons (Fsp3) is 0.586. The number of nitrogens with zero attached hydrogens (tertiary/aromatic N) is 2. The molecule has 2 heterocycles. The van der Waals surface area contributed by atoms with Crippen molar-refractivity contribution in [2.45, 2.75) is 50.3 Å². The third-order valence-corrected chi connectivity index (χ3v) is 9.01. The molecule has 0 amide bonds. The normalized spacial score (nSPS) is 29.9. The Morgan fingerprint density at radius 1 is 0.944 bits per heavy atom. The minimum atomic E-state index is -0.637. The second kappa shape index (κ2) is 11.7. The van der Waals surface area contributed by atoms with E-state index in [4.69, 9.17) is 27.9 Å². The molecule has 1 aliphatic carbocycles. The van der Waals surface area contributed by atoms with Gasteiger partial charge in [0.25, 0.3) is 0 Å². The Hall–Kier alpha value is -1.18. The lowest BCUT2D eigenvalue weighted by atomic mass is 9.64. The highest BCUT2D eigenvalue weighted by Gasteiger charge is 2.52. The molecule has 2 aromatic rings. The number of hydrogen-bond acceptors (Lipinski definition) is 5. The van der Waals surface area contributed by atoms with E-state index in [0.717, 1.165) is 62.8 Å². The van der Waals surface area contributed by atoms with Crippen LogP contribution in [0.5, 0.6) is 0 Å². The zero-order valence-electron chi connectivity index (χ0n) is 20.9. The van der Waals surface area contributed by atoms with Gasteiger partial charge in [-0.25, -0.2) is 0 Å². The maximum Gasteiger partial charge on any atom is 0.113 e. The van der Waals surface area contributed by atoms with Gasteiger partial charge in [0.1, 0.15) is 6.23 Å². The van der Waals surface area contributed by atoms with Crippen molar-refractivity contribution in [3.63, 3.8) is 0 Å². The molecule has 36 heavy (non-hydrogen) atoms. The van der Waals surface area contributed by atoms with E-state index < -0.39 is 11.6 Å². The zero-order valence-corrected chi connectivity index (χ0v) is 22.4. The second-order valence-electron chi connectivity index (χ2n) is 10.9. The molecule has 5 nitrogen and oxygen atoms in total. The van der Waals surface area contributed by atoms with Gasteiger partial charge in [0.2, 0.25) is 0 Å². The number of aliphatic hydroxyl groups is 2. The predicted molar refractivity (Wildman–Crippen MR) is 144 cm³/mol. The Morgan fingerprint density at radius 3 is 2.36 bits per heavy atom. The van der Waals surface area contributed by atoms with Gasteiger partial charge in [0.15, 0.2) is 0 Å². The van der Waals surface area contributed by atoms with Crippen LogP contribution in [0.1, 0.15) is 55.2 Å². The van der Waals surface area contributed by atoms with E-state index in [1.54, 1.807) is 0 Å². The maximum atomic E-state index is 12.1. The minimum absolute atomic E-state index is 0.00605. The number of hydrogen-bond donors (Lipinski definition) is 2. The second-order valence-corrected chi connectivity index (χ2v) is 11.8. The van der Waals surface area contributed by atoms with Gasteiger partial charge >= 0.3 is 0 Å². The van der Waals surface area contributed by atoms with Crippen molar-refractivity contribution in [2.24, 2.45) is 11.3 Å². The Labute approximate surface area is 225 Å². The van der Waals surface area contributed by atoms with Crippen LogP contribution in [0, 0.1) is 11.3 Å². The van der Waals surface area contributed by atoms with Crippen LogP contribution in [0.15, 0.2) is 48.5 Å². The summed E-state index contributed by atoms with van der Waals surface area (Å²) >= 11 is 12.8. The van der Waals surface area contributed by atoms with E-state index in [1.165, 1.54) is 18.4 Å². The van der Waals surface area contributed by atoms with Gasteiger partial charge in [-0.05, 0) is 80.0 Å². The molecule has 4 atom stereocenters. The van der Waals surface area contributed by atoms with Crippen LogP contribution in [-0.4, -0.2) is 72.2 Å². The minimum Gasteiger partial charge on any atom is -0.396 e. The first-order valence-electron chi connectivity index (χ1n) is 13.3.